The summed E-state index contributed by atoms with van der Waals surface area (Å²) < 4.78 is 5.65. The monoisotopic (exact) mass is 269 g/mol. The van der Waals surface area contributed by atoms with Gasteiger partial charge in [-0.25, -0.2) is 4.79 Å². The van der Waals surface area contributed by atoms with Crippen LogP contribution in [0.15, 0.2) is 48.5 Å². The smallest absolute Gasteiger partial charge is 0.328 e. The van der Waals surface area contributed by atoms with Crippen molar-refractivity contribution in [2.45, 2.75) is 13.5 Å². The van der Waals surface area contributed by atoms with Crippen LogP contribution in [-0.2, 0) is 11.4 Å². The molecule has 102 valence electrons. The third-order valence-corrected chi connectivity index (χ3v) is 2.61. The summed E-state index contributed by atoms with van der Waals surface area (Å²) in [6.45, 7) is 2.31. The van der Waals surface area contributed by atoms with E-state index in [0.29, 0.717) is 12.4 Å². The average Bonchev–Trinajstić information content (AvgIpc) is 2.43. The van der Waals surface area contributed by atoms with E-state index in [4.69, 9.17) is 9.84 Å². The van der Waals surface area contributed by atoms with Gasteiger partial charge in [0.25, 0.3) is 0 Å². The molecule has 1 aromatic carbocycles. The molecular formula is C16H15NO3. The predicted molar refractivity (Wildman–Crippen MR) is 76.4 cm³/mol. The summed E-state index contributed by atoms with van der Waals surface area (Å²) in [6.07, 6.45) is 2.63. The number of rotatable bonds is 5. The second-order valence-corrected chi connectivity index (χ2v) is 4.30. The number of hydrogen-bond donors (Lipinski definition) is 1. The van der Waals surface area contributed by atoms with Crippen LogP contribution in [0.5, 0.6) is 5.75 Å². The minimum Gasteiger partial charge on any atom is -0.487 e. The van der Waals surface area contributed by atoms with E-state index in [-0.39, 0.29) is 0 Å². The largest absolute Gasteiger partial charge is 0.487 e. The lowest BCUT2D eigenvalue weighted by Crippen LogP contribution is -1.99. The number of carboxylic acid groups (broad SMARTS) is 1. The fraction of sp³-hybridized carbons (Fsp3) is 0.125. The fourth-order valence-electron chi connectivity index (χ4n) is 1.71. The molecule has 4 nitrogen and oxygen atoms in total. The number of carbonyl (C=O) groups is 1. The number of aryl methyl sites for hydroxylation is 1. The van der Waals surface area contributed by atoms with Crippen molar-refractivity contribution in [2.75, 3.05) is 0 Å². The van der Waals surface area contributed by atoms with Crippen molar-refractivity contribution >= 4 is 12.0 Å². The van der Waals surface area contributed by atoms with Crippen LogP contribution in [0.2, 0.25) is 0 Å². The number of aromatic nitrogens is 1. The Morgan fingerprint density at radius 2 is 2.10 bits per heavy atom. The second-order valence-electron chi connectivity index (χ2n) is 4.30. The summed E-state index contributed by atoms with van der Waals surface area (Å²) in [6, 6.07) is 13.0. The first-order valence-corrected chi connectivity index (χ1v) is 6.20. The summed E-state index contributed by atoms with van der Waals surface area (Å²) >= 11 is 0. The van der Waals surface area contributed by atoms with E-state index in [1.54, 1.807) is 6.07 Å². The van der Waals surface area contributed by atoms with E-state index in [0.717, 1.165) is 23.0 Å². The molecule has 0 aliphatic heterocycles. The van der Waals surface area contributed by atoms with Gasteiger partial charge in [0.15, 0.2) is 0 Å². The van der Waals surface area contributed by atoms with Crippen LogP contribution in [0.25, 0.3) is 6.08 Å². The first kappa shape index (κ1) is 13.8. The first-order chi connectivity index (χ1) is 9.63. The van der Waals surface area contributed by atoms with Gasteiger partial charge in [-0.1, -0.05) is 18.2 Å². The third kappa shape index (κ3) is 4.24. The van der Waals surface area contributed by atoms with Crippen LogP contribution in [0.4, 0.5) is 0 Å². The maximum atomic E-state index is 10.5. The number of benzene rings is 1. The molecule has 0 unspecified atom stereocenters. The summed E-state index contributed by atoms with van der Waals surface area (Å²) in [5.41, 5.74) is 2.59. The van der Waals surface area contributed by atoms with Crippen LogP contribution in [0.1, 0.15) is 17.0 Å². The van der Waals surface area contributed by atoms with Gasteiger partial charge in [-0.05, 0) is 42.8 Å². The van der Waals surface area contributed by atoms with Crippen molar-refractivity contribution in [1.29, 1.82) is 0 Å². The van der Waals surface area contributed by atoms with Gasteiger partial charge in [0.2, 0.25) is 0 Å². The molecule has 0 radical (unpaired) electrons. The molecule has 0 aliphatic rings. The van der Waals surface area contributed by atoms with Gasteiger partial charge in [-0.2, -0.15) is 0 Å². The van der Waals surface area contributed by atoms with Crippen molar-refractivity contribution in [3.05, 3.63) is 65.5 Å². The van der Waals surface area contributed by atoms with E-state index in [1.165, 1.54) is 6.08 Å². The van der Waals surface area contributed by atoms with Gasteiger partial charge in [0.05, 0.1) is 5.69 Å². The lowest BCUT2D eigenvalue weighted by Gasteiger charge is -2.07. The Kier molecular flexibility index (Phi) is 4.50. The summed E-state index contributed by atoms with van der Waals surface area (Å²) in [5, 5.41) is 8.60. The lowest BCUT2D eigenvalue weighted by molar-refractivity contribution is -0.131. The summed E-state index contributed by atoms with van der Waals surface area (Å²) in [7, 11) is 0. The highest BCUT2D eigenvalue weighted by molar-refractivity contribution is 5.85. The molecule has 0 amide bonds. The Labute approximate surface area is 117 Å². The van der Waals surface area contributed by atoms with Gasteiger partial charge in [-0.3, -0.25) is 4.98 Å². The van der Waals surface area contributed by atoms with Crippen LogP contribution in [-0.4, -0.2) is 16.1 Å². The molecule has 20 heavy (non-hydrogen) atoms. The van der Waals surface area contributed by atoms with Crippen LogP contribution >= 0.6 is 0 Å². The Hall–Kier alpha value is -2.62. The van der Waals surface area contributed by atoms with Gasteiger partial charge in [0, 0.05) is 11.8 Å². The van der Waals surface area contributed by atoms with Gasteiger partial charge in [-0.15, -0.1) is 0 Å². The highest BCUT2D eigenvalue weighted by Gasteiger charge is 1.99. The molecule has 1 heterocycles. The van der Waals surface area contributed by atoms with E-state index in [9.17, 15) is 4.79 Å². The first-order valence-electron chi connectivity index (χ1n) is 6.20. The zero-order valence-corrected chi connectivity index (χ0v) is 11.1. The number of aliphatic carboxylic acids is 1. The van der Waals surface area contributed by atoms with E-state index < -0.39 is 5.97 Å². The van der Waals surface area contributed by atoms with E-state index >= 15 is 0 Å². The molecule has 1 aromatic heterocycles. The van der Waals surface area contributed by atoms with Gasteiger partial charge in [0.1, 0.15) is 12.4 Å². The average molecular weight is 269 g/mol. The molecule has 0 fully saturated rings. The number of carboxylic acids is 1. The Bertz CT molecular complexity index is 635. The van der Waals surface area contributed by atoms with E-state index in [2.05, 4.69) is 4.98 Å². The fourth-order valence-corrected chi connectivity index (χ4v) is 1.71. The molecular weight excluding hydrogens is 254 g/mol. The normalized spacial score (nSPS) is 10.7. The molecule has 1 N–H and O–H groups in total. The summed E-state index contributed by atoms with van der Waals surface area (Å²) in [4.78, 5) is 14.8. The van der Waals surface area contributed by atoms with Crippen molar-refractivity contribution in [3.63, 3.8) is 0 Å². The highest BCUT2D eigenvalue weighted by Crippen LogP contribution is 2.16. The number of nitrogens with zero attached hydrogens (tertiary/aromatic N) is 1. The van der Waals surface area contributed by atoms with Crippen LogP contribution < -0.4 is 4.74 Å². The van der Waals surface area contributed by atoms with Crippen molar-refractivity contribution in [1.82, 2.24) is 4.98 Å². The second kappa shape index (κ2) is 6.52. The number of ether oxygens (including phenoxy) is 1. The lowest BCUT2D eigenvalue weighted by atomic mass is 10.2. The van der Waals surface area contributed by atoms with Crippen molar-refractivity contribution in [2.24, 2.45) is 0 Å². The zero-order valence-electron chi connectivity index (χ0n) is 11.1. The molecule has 0 aliphatic carbocycles. The quantitative estimate of drug-likeness (QED) is 0.847. The minimum absolute atomic E-state index is 0.383. The molecule has 0 spiro atoms. The van der Waals surface area contributed by atoms with E-state index in [1.807, 2.05) is 43.3 Å². The predicted octanol–water partition coefficient (Wildman–Crippen LogP) is 3.07. The molecule has 2 aromatic rings. The maximum Gasteiger partial charge on any atom is 0.328 e. The Morgan fingerprint density at radius 1 is 1.30 bits per heavy atom. The molecule has 4 heteroatoms. The summed E-state index contributed by atoms with van der Waals surface area (Å²) in [5.74, 6) is -0.291. The van der Waals surface area contributed by atoms with Gasteiger partial charge < -0.3 is 9.84 Å². The standard InChI is InChI=1S/C16H15NO3/c1-12-4-2-6-14(17-12)11-20-15-7-3-5-13(10-15)8-9-16(18)19/h2-10H,11H2,1H3,(H,18,19). The molecule has 0 atom stereocenters. The number of pyridine rings is 1. The van der Waals surface area contributed by atoms with Crippen molar-refractivity contribution < 1.29 is 14.6 Å². The van der Waals surface area contributed by atoms with Crippen LogP contribution in [0, 0.1) is 6.92 Å². The minimum atomic E-state index is -0.972. The molecule has 2 rings (SSSR count). The zero-order chi connectivity index (χ0) is 14.4. The Balaban J connectivity index is 2.03. The SMILES string of the molecule is Cc1cccc(COc2cccc(C=CC(=O)O)c2)n1. The van der Waals surface area contributed by atoms with Crippen LogP contribution in [0.3, 0.4) is 0 Å². The maximum absolute atomic E-state index is 10.5. The number of hydrogen-bond acceptors (Lipinski definition) is 3. The third-order valence-electron chi connectivity index (χ3n) is 2.61. The Morgan fingerprint density at radius 3 is 2.85 bits per heavy atom. The van der Waals surface area contributed by atoms with Gasteiger partial charge >= 0.3 is 5.97 Å². The highest BCUT2D eigenvalue weighted by atomic mass is 16.5. The molecule has 0 saturated carbocycles. The molecule has 0 saturated heterocycles. The van der Waals surface area contributed by atoms with Crippen molar-refractivity contribution in [3.8, 4) is 5.75 Å². The molecule has 0 bridgehead atoms. The topological polar surface area (TPSA) is 59.4 Å².